The Labute approximate surface area is 99.4 Å². The van der Waals surface area contributed by atoms with Crippen LogP contribution in [-0.4, -0.2) is 6.04 Å². The van der Waals surface area contributed by atoms with E-state index in [0.717, 1.165) is 36.0 Å². The molecular weight excluding hydrogens is 222 g/mol. The third-order valence-corrected chi connectivity index (χ3v) is 3.69. The Morgan fingerprint density at radius 1 is 1.31 bits per heavy atom. The molecule has 2 unspecified atom stereocenters. The molecule has 84 valence electrons. The predicted molar refractivity (Wildman–Crippen MR) is 65.8 cm³/mol. The Kier molecular flexibility index (Phi) is 2.41. The molecule has 3 heteroatoms. The molecule has 1 heterocycles. The normalized spacial score (nSPS) is 25.4. The third-order valence-electron chi connectivity index (χ3n) is 3.39. The number of rotatable bonds is 1. The quantitative estimate of drug-likeness (QED) is 0.819. The second kappa shape index (κ2) is 3.79. The highest BCUT2D eigenvalue weighted by atomic mass is 35.5. The highest BCUT2D eigenvalue weighted by molar-refractivity contribution is 6.34. The Morgan fingerprint density at radius 2 is 2.19 bits per heavy atom. The summed E-state index contributed by atoms with van der Waals surface area (Å²) in [7, 11) is 0. The van der Waals surface area contributed by atoms with E-state index in [4.69, 9.17) is 21.8 Å². The van der Waals surface area contributed by atoms with E-state index in [9.17, 15) is 0 Å². The molecule has 2 nitrogen and oxygen atoms in total. The molecule has 1 aliphatic carbocycles. The van der Waals surface area contributed by atoms with Crippen LogP contribution in [-0.2, 0) is 0 Å². The Bertz CT molecular complexity index is 520. The second-order valence-electron chi connectivity index (χ2n) is 4.58. The van der Waals surface area contributed by atoms with Crippen LogP contribution >= 0.6 is 11.6 Å². The van der Waals surface area contributed by atoms with Gasteiger partial charge in [-0.2, -0.15) is 0 Å². The largest absolute Gasteiger partial charge is 0.459 e. The minimum Gasteiger partial charge on any atom is -0.459 e. The number of nitrogens with two attached hydrogens (primary N) is 1. The number of para-hydroxylation sites is 1. The Morgan fingerprint density at radius 3 is 2.88 bits per heavy atom. The standard InChI is InChI=1S/C13H14ClNO/c14-11-3-1-2-9-7-12(16-13(9)11)8-4-5-10(15)6-8/h1-3,7-8,10H,4-6,15H2. The average Bonchev–Trinajstić information content (AvgIpc) is 2.84. The summed E-state index contributed by atoms with van der Waals surface area (Å²) in [6, 6.07) is 8.27. The van der Waals surface area contributed by atoms with Crippen molar-refractivity contribution in [3.8, 4) is 0 Å². The summed E-state index contributed by atoms with van der Waals surface area (Å²) in [5.41, 5.74) is 6.72. The van der Waals surface area contributed by atoms with E-state index in [1.54, 1.807) is 0 Å². The lowest BCUT2D eigenvalue weighted by Crippen LogP contribution is -2.14. The van der Waals surface area contributed by atoms with E-state index in [1.165, 1.54) is 0 Å². The van der Waals surface area contributed by atoms with Gasteiger partial charge in [-0.05, 0) is 31.4 Å². The van der Waals surface area contributed by atoms with Gasteiger partial charge in [0.25, 0.3) is 0 Å². The first-order chi connectivity index (χ1) is 7.74. The van der Waals surface area contributed by atoms with Gasteiger partial charge in [-0.3, -0.25) is 0 Å². The maximum absolute atomic E-state index is 6.09. The van der Waals surface area contributed by atoms with Gasteiger partial charge in [0.15, 0.2) is 5.58 Å². The van der Waals surface area contributed by atoms with Crippen LogP contribution in [0.5, 0.6) is 0 Å². The van der Waals surface area contributed by atoms with E-state index in [1.807, 2.05) is 18.2 Å². The van der Waals surface area contributed by atoms with Crippen molar-refractivity contribution < 1.29 is 4.42 Å². The third kappa shape index (κ3) is 1.62. The molecule has 2 aromatic rings. The van der Waals surface area contributed by atoms with Gasteiger partial charge in [-0.15, -0.1) is 0 Å². The molecule has 0 aliphatic heterocycles. The molecular formula is C13H14ClNO. The van der Waals surface area contributed by atoms with Gasteiger partial charge in [0.2, 0.25) is 0 Å². The van der Waals surface area contributed by atoms with Crippen LogP contribution in [0.15, 0.2) is 28.7 Å². The Balaban J connectivity index is 2.02. The van der Waals surface area contributed by atoms with Crippen molar-refractivity contribution in [3.63, 3.8) is 0 Å². The summed E-state index contributed by atoms with van der Waals surface area (Å²) in [4.78, 5) is 0. The minimum atomic E-state index is 0.327. The molecule has 0 spiro atoms. The van der Waals surface area contributed by atoms with Gasteiger partial charge in [0, 0.05) is 17.3 Å². The molecule has 1 saturated carbocycles. The highest BCUT2D eigenvalue weighted by Crippen LogP contribution is 2.37. The fraction of sp³-hybridized carbons (Fsp3) is 0.385. The van der Waals surface area contributed by atoms with Crippen LogP contribution in [0.3, 0.4) is 0 Å². The SMILES string of the molecule is NC1CCC(c2cc3cccc(Cl)c3o2)C1. The first-order valence-electron chi connectivity index (χ1n) is 5.67. The van der Waals surface area contributed by atoms with E-state index >= 15 is 0 Å². The molecule has 1 fully saturated rings. The molecule has 0 radical (unpaired) electrons. The lowest BCUT2D eigenvalue weighted by molar-refractivity contribution is 0.490. The predicted octanol–water partition coefficient (Wildman–Crippen LogP) is 3.68. The molecule has 1 aromatic carbocycles. The van der Waals surface area contributed by atoms with Crippen LogP contribution in [0.1, 0.15) is 30.9 Å². The van der Waals surface area contributed by atoms with Crippen molar-refractivity contribution >= 4 is 22.6 Å². The van der Waals surface area contributed by atoms with Gasteiger partial charge in [-0.1, -0.05) is 23.7 Å². The van der Waals surface area contributed by atoms with E-state index in [-0.39, 0.29) is 0 Å². The van der Waals surface area contributed by atoms with Crippen LogP contribution in [0.25, 0.3) is 11.0 Å². The molecule has 0 saturated heterocycles. The van der Waals surface area contributed by atoms with Crippen molar-refractivity contribution in [1.82, 2.24) is 0 Å². The van der Waals surface area contributed by atoms with Crippen molar-refractivity contribution in [2.75, 3.05) is 0 Å². The van der Waals surface area contributed by atoms with Crippen molar-refractivity contribution in [2.45, 2.75) is 31.2 Å². The fourth-order valence-electron chi connectivity index (χ4n) is 2.52. The average molecular weight is 236 g/mol. The second-order valence-corrected chi connectivity index (χ2v) is 4.98. The first-order valence-corrected chi connectivity index (χ1v) is 6.05. The number of hydrogen-bond donors (Lipinski definition) is 1. The summed E-state index contributed by atoms with van der Waals surface area (Å²) in [5, 5.41) is 1.77. The van der Waals surface area contributed by atoms with Crippen molar-refractivity contribution in [3.05, 3.63) is 35.0 Å². The van der Waals surface area contributed by atoms with Gasteiger partial charge >= 0.3 is 0 Å². The molecule has 3 rings (SSSR count). The van der Waals surface area contributed by atoms with Crippen molar-refractivity contribution in [1.29, 1.82) is 0 Å². The lowest BCUT2D eigenvalue weighted by Gasteiger charge is -2.04. The molecule has 16 heavy (non-hydrogen) atoms. The van der Waals surface area contributed by atoms with E-state index < -0.39 is 0 Å². The lowest BCUT2D eigenvalue weighted by atomic mass is 10.0. The highest BCUT2D eigenvalue weighted by Gasteiger charge is 2.26. The molecule has 0 bridgehead atoms. The molecule has 2 atom stereocenters. The zero-order valence-electron chi connectivity index (χ0n) is 8.95. The van der Waals surface area contributed by atoms with Crippen LogP contribution in [0, 0.1) is 0 Å². The van der Waals surface area contributed by atoms with Crippen LogP contribution in [0.2, 0.25) is 5.02 Å². The zero-order chi connectivity index (χ0) is 11.1. The number of fused-ring (bicyclic) bond motifs is 1. The van der Waals surface area contributed by atoms with E-state index in [2.05, 4.69) is 6.07 Å². The maximum atomic E-state index is 6.09. The summed E-state index contributed by atoms with van der Waals surface area (Å²) >= 11 is 6.09. The van der Waals surface area contributed by atoms with Gasteiger partial charge in [-0.25, -0.2) is 0 Å². The summed E-state index contributed by atoms with van der Waals surface area (Å²) in [6.07, 6.45) is 3.24. The van der Waals surface area contributed by atoms with Gasteiger partial charge in [0.1, 0.15) is 5.76 Å². The number of hydrogen-bond acceptors (Lipinski definition) is 2. The smallest absolute Gasteiger partial charge is 0.152 e. The molecule has 1 aliphatic rings. The number of benzene rings is 1. The number of furan rings is 1. The van der Waals surface area contributed by atoms with E-state index in [0.29, 0.717) is 17.0 Å². The summed E-state index contributed by atoms with van der Waals surface area (Å²) in [6.45, 7) is 0. The molecule has 0 amide bonds. The maximum Gasteiger partial charge on any atom is 0.152 e. The summed E-state index contributed by atoms with van der Waals surface area (Å²) < 4.78 is 5.84. The first kappa shape index (κ1) is 10.2. The van der Waals surface area contributed by atoms with Crippen molar-refractivity contribution in [2.24, 2.45) is 5.73 Å². The van der Waals surface area contributed by atoms with Crippen LogP contribution < -0.4 is 5.73 Å². The van der Waals surface area contributed by atoms with Gasteiger partial charge in [0.05, 0.1) is 5.02 Å². The van der Waals surface area contributed by atoms with Gasteiger partial charge < -0.3 is 10.2 Å². The number of halogens is 1. The molecule has 1 aromatic heterocycles. The zero-order valence-corrected chi connectivity index (χ0v) is 9.70. The minimum absolute atomic E-state index is 0.327. The Hall–Kier alpha value is -0.990. The fourth-order valence-corrected chi connectivity index (χ4v) is 2.74. The monoisotopic (exact) mass is 235 g/mol. The molecule has 2 N–H and O–H groups in total. The van der Waals surface area contributed by atoms with Crippen LogP contribution in [0.4, 0.5) is 0 Å². The topological polar surface area (TPSA) is 39.2 Å². The summed E-state index contributed by atoms with van der Waals surface area (Å²) in [5.74, 6) is 1.51.